The SMILES string of the molecule is CC(C)Cc1ccc(-n2nc(/N=C/N(C)C)n2C)nc1. The highest BCUT2D eigenvalue weighted by atomic mass is 15.6. The van der Waals surface area contributed by atoms with Crippen LogP contribution in [0, 0.1) is 5.92 Å². The lowest BCUT2D eigenvalue weighted by atomic mass is 10.1. The van der Waals surface area contributed by atoms with Gasteiger partial charge in [-0.15, -0.1) is 9.90 Å². The second kappa shape index (κ2) is 5.90. The van der Waals surface area contributed by atoms with Crippen LogP contribution in [0.5, 0.6) is 0 Å². The Labute approximate surface area is 119 Å². The van der Waals surface area contributed by atoms with Gasteiger partial charge in [0.2, 0.25) is 0 Å². The number of aromatic nitrogens is 4. The molecule has 2 rings (SSSR count). The number of rotatable bonds is 5. The first-order chi connectivity index (χ1) is 9.47. The molecule has 2 heterocycles. The Morgan fingerprint density at radius 1 is 1.35 bits per heavy atom. The zero-order chi connectivity index (χ0) is 14.7. The van der Waals surface area contributed by atoms with Crippen LogP contribution in [0.2, 0.25) is 0 Å². The van der Waals surface area contributed by atoms with Gasteiger partial charge in [0.05, 0.1) is 6.34 Å². The summed E-state index contributed by atoms with van der Waals surface area (Å²) in [5.74, 6) is 2.12. The molecule has 20 heavy (non-hydrogen) atoms. The Morgan fingerprint density at radius 2 is 2.10 bits per heavy atom. The molecular formula is C14H22N6. The average Bonchev–Trinajstić information content (AvgIpc) is 2.38. The molecule has 108 valence electrons. The van der Waals surface area contributed by atoms with Crippen LogP contribution in [-0.4, -0.2) is 44.9 Å². The average molecular weight is 274 g/mol. The maximum atomic E-state index is 4.45. The quantitative estimate of drug-likeness (QED) is 0.619. The van der Waals surface area contributed by atoms with Crippen molar-refractivity contribution in [1.82, 2.24) is 24.5 Å². The van der Waals surface area contributed by atoms with E-state index in [1.54, 1.807) is 11.1 Å². The van der Waals surface area contributed by atoms with E-state index in [1.165, 1.54) is 5.56 Å². The summed E-state index contributed by atoms with van der Waals surface area (Å²) in [6.45, 7) is 4.41. The lowest BCUT2D eigenvalue weighted by Crippen LogP contribution is -2.23. The van der Waals surface area contributed by atoms with E-state index in [0.29, 0.717) is 11.9 Å². The van der Waals surface area contributed by atoms with Gasteiger partial charge in [0.25, 0.3) is 5.95 Å². The molecule has 0 unspecified atom stereocenters. The number of nitrogens with zero attached hydrogens (tertiary/aromatic N) is 6. The van der Waals surface area contributed by atoms with E-state index < -0.39 is 0 Å². The first kappa shape index (κ1) is 14.3. The molecule has 0 radical (unpaired) electrons. The third kappa shape index (κ3) is 3.26. The van der Waals surface area contributed by atoms with E-state index in [2.05, 4.69) is 35.0 Å². The molecule has 6 nitrogen and oxygen atoms in total. The summed E-state index contributed by atoms with van der Waals surface area (Å²) in [5, 5.41) is 4.32. The van der Waals surface area contributed by atoms with Crippen molar-refractivity contribution >= 4 is 12.3 Å². The van der Waals surface area contributed by atoms with Crippen LogP contribution in [0.1, 0.15) is 19.4 Å². The van der Waals surface area contributed by atoms with E-state index in [9.17, 15) is 0 Å². The number of aliphatic imine (C=N–C) groups is 1. The summed E-state index contributed by atoms with van der Waals surface area (Å²) < 4.78 is 1.87. The number of hydrogen-bond acceptors (Lipinski definition) is 3. The van der Waals surface area contributed by atoms with E-state index in [0.717, 1.165) is 12.2 Å². The van der Waals surface area contributed by atoms with E-state index >= 15 is 0 Å². The van der Waals surface area contributed by atoms with Crippen LogP contribution in [0.15, 0.2) is 23.3 Å². The minimum Gasteiger partial charge on any atom is -0.369 e. The van der Waals surface area contributed by atoms with Crippen molar-refractivity contribution < 1.29 is 0 Å². The maximum absolute atomic E-state index is 4.45. The molecule has 0 saturated heterocycles. The van der Waals surface area contributed by atoms with Crippen molar-refractivity contribution in [3.8, 4) is 5.82 Å². The van der Waals surface area contributed by atoms with Crippen LogP contribution in [0.3, 0.4) is 0 Å². The second-order valence-corrected chi connectivity index (χ2v) is 5.54. The van der Waals surface area contributed by atoms with Crippen LogP contribution in [0.4, 0.5) is 5.95 Å². The van der Waals surface area contributed by atoms with Gasteiger partial charge in [-0.3, -0.25) is 0 Å². The van der Waals surface area contributed by atoms with Crippen LogP contribution in [-0.2, 0) is 13.5 Å². The highest BCUT2D eigenvalue weighted by molar-refractivity contribution is 5.57. The largest absolute Gasteiger partial charge is 0.369 e. The summed E-state index contributed by atoms with van der Waals surface area (Å²) in [4.78, 5) is 12.3. The Kier molecular flexibility index (Phi) is 4.22. The molecule has 2 aromatic heterocycles. The van der Waals surface area contributed by atoms with Crippen molar-refractivity contribution in [3.63, 3.8) is 0 Å². The van der Waals surface area contributed by atoms with Gasteiger partial charge in [0.15, 0.2) is 5.82 Å². The maximum Gasteiger partial charge on any atom is 0.266 e. The number of hydrogen-bond donors (Lipinski definition) is 0. The third-order valence-corrected chi connectivity index (χ3v) is 2.82. The standard InChI is InChI=1S/C14H22N6/c1-11(2)8-12-6-7-13(15-9-12)20-17-14(19(20)5)16-10-18(3)4/h6-7,9-11H,8H2,1-5H3/b16-10+. The predicted octanol–water partition coefficient (Wildman–Crippen LogP) is 2.03. The smallest absolute Gasteiger partial charge is 0.266 e. The summed E-state index contributed by atoms with van der Waals surface area (Å²) >= 11 is 0. The highest BCUT2D eigenvalue weighted by Gasteiger charge is 2.11. The lowest BCUT2D eigenvalue weighted by molar-refractivity contribution is 0.476. The molecule has 0 aromatic carbocycles. The zero-order valence-corrected chi connectivity index (χ0v) is 12.8. The second-order valence-electron chi connectivity index (χ2n) is 5.54. The fourth-order valence-corrected chi connectivity index (χ4v) is 1.87. The van der Waals surface area contributed by atoms with Gasteiger partial charge in [0, 0.05) is 27.3 Å². The van der Waals surface area contributed by atoms with E-state index in [1.807, 2.05) is 43.0 Å². The third-order valence-electron chi connectivity index (χ3n) is 2.82. The van der Waals surface area contributed by atoms with E-state index in [4.69, 9.17) is 0 Å². The molecule has 0 aliphatic heterocycles. The van der Waals surface area contributed by atoms with Gasteiger partial charge in [-0.25, -0.2) is 14.7 Å². The Morgan fingerprint density at radius 3 is 2.60 bits per heavy atom. The molecule has 2 aromatic rings. The first-order valence-corrected chi connectivity index (χ1v) is 6.75. The highest BCUT2D eigenvalue weighted by Crippen LogP contribution is 2.14. The minimum absolute atomic E-state index is 0.638. The fourth-order valence-electron chi connectivity index (χ4n) is 1.87. The molecule has 0 saturated carbocycles. The van der Waals surface area contributed by atoms with Crippen molar-refractivity contribution in [2.24, 2.45) is 18.0 Å². The van der Waals surface area contributed by atoms with Crippen molar-refractivity contribution in [2.75, 3.05) is 14.1 Å². The molecular weight excluding hydrogens is 252 g/mol. The molecule has 0 amide bonds. The molecule has 0 aliphatic rings. The summed E-state index contributed by atoms with van der Waals surface area (Å²) in [5.41, 5.74) is 1.25. The number of pyridine rings is 1. The van der Waals surface area contributed by atoms with Gasteiger partial charge >= 0.3 is 0 Å². The monoisotopic (exact) mass is 274 g/mol. The lowest BCUT2D eigenvalue weighted by Gasteiger charge is -2.18. The first-order valence-electron chi connectivity index (χ1n) is 6.75. The van der Waals surface area contributed by atoms with Crippen LogP contribution in [0.25, 0.3) is 5.82 Å². The van der Waals surface area contributed by atoms with Crippen molar-refractivity contribution in [3.05, 3.63) is 23.9 Å². The normalized spacial score (nSPS) is 11.7. The Hall–Kier alpha value is -2.11. The van der Waals surface area contributed by atoms with E-state index in [-0.39, 0.29) is 0 Å². The minimum atomic E-state index is 0.638. The van der Waals surface area contributed by atoms with Gasteiger partial charge in [-0.2, -0.15) is 0 Å². The molecule has 0 atom stereocenters. The molecule has 6 heteroatoms. The summed E-state index contributed by atoms with van der Waals surface area (Å²) in [7, 11) is 5.77. The van der Waals surface area contributed by atoms with Crippen LogP contribution < -0.4 is 0 Å². The molecule has 0 spiro atoms. The van der Waals surface area contributed by atoms with Crippen LogP contribution >= 0.6 is 0 Å². The molecule has 0 N–H and O–H groups in total. The summed E-state index contributed by atoms with van der Waals surface area (Å²) in [6.07, 6.45) is 4.69. The van der Waals surface area contributed by atoms with Gasteiger partial charge in [0.1, 0.15) is 0 Å². The van der Waals surface area contributed by atoms with Gasteiger partial charge < -0.3 is 4.90 Å². The Balaban J connectivity index is 2.11. The summed E-state index contributed by atoms with van der Waals surface area (Å²) in [6, 6.07) is 4.09. The topological polar surface area (TPSA) is 51.2 Å². The van der Waals surface area contributed by atoms with Gasteiger partial charge in [-0.1, -0.05) is 19.9 Å². The van der Waals surface area contributed by atoms with Gasteiger partial charge in [-0.05, 0) is 24.0 Å². The fraction of sp³-hybridized carbons (Fsp3) is 0.500. The van der Waals surface area contributed by atoms with Crippen molar-refractivity contribution in [1.29, 1.82) is 0 Å². The predicted molar refractivity (Wildman–Crippen MR) is 80.7 cm³/mol. The molecule has 0 aliphatic carbocycles. The molecule has 0 bridgehead atoms. The Bertz CT molecular complexity index is 573. The molecule has 0 fully saturated rings. The van der Waals surface area contributed by atoms with Crippen molar-refractivity contribution in [2.45, 2.75) is 20.3 Å². The zero-order valence-electron chi connectivity index (χ0n) is 12.8.